The van der Waals surface area contributed by atoms with E-state index < -0.39 is 0 Å². The van der Waals surface area contributed by atoms with E-state index in [0.29, 0.717) is 6.61 Å². The molecule has 0 aliphatic rings. The zero-order valence-corrected chi connectivity index (χ0v) is 10.5. The molecule has 0 saturated heterocycles. The molecule has 0 bridgehead atoms. The molecule has 0 unspecified atom stereocenters. The number of aryl methyl sites for hydroxylation is 1. The van der Waals surface area contributed by atoms with Crippen molar-refractivity contribution in [2.45, 2.75) is 19.4 Å². The molecule has 2 aromatic carbocycles. The number of hydrogen-bond acceptors (Lipinski definition) is 2. The zero-order valence-electron chi connectivity index (χ0n) is 10.5. The smallest absolute Gasteiger partial charge is 0.120 e. The van der Waals surface area contributed by atoms with Gasteiger partial charge in [-0.25, -0.2) is 0 Å². The van der Waals surface area contributed by atoms with Gasteiger partial charge in [-0.2, -0.15) is 0 Å². The highest BCUT2D eigenvalue weighted by atomic mass is 16.5. The molecule has 2 N–H and O–H groups in total. The molecular weight excluding hydrogens is 222 g/mol. The third-order valence-corrected chi connectivity index (χ3v) is 2.82. The van der Waals surface area contributed by atoms with Crippen LogP contribution in [0.2, 0.25) is 0 Å². The van der Waals surface area contributed by atoms with Gasteiger partial charge >= 0.3 is 0 Å². The van der Waals surface area contributed by atoms with Gasteiger partial charge in [0.1, 0.15) is 12.4 Å². The van der Waals surface area contributed by atoms with Gasteiger partial charge in [0.05, 0.1) is 0 Å². The van der Waals surface area contributed by atoms with E-state index in [1.165, 1.54) is 11.1 Å². The second-order valence-electron chi connectivity index (χ2n) is 4.31. The van der Waals surface area contributed by atoms with Gasteiger partial charge in [0, 0.05) is 0 Å². The molecule has 2 heteroatoms. The maximum atomic E-state index is 5.78. The molecule has 18 heavy (non-hydrogen) atoms. The van der Waals surface area contributed by atoms with E-state index in [-0.39, 0.29) is 0 Å². The largest absolute Gasteiger partial charge is 0.489 e. The van der Waals surface area contributed by atoms with Crippen LogP contribution in [0.4, 0.5) is 0 Å². The first-order chi connectivity index (χ1) is 8.88. The summed E-state index contributed by atoms with van der Waals surface area (Å²) in [6, 6.07) is 18.4. The van der Waals surface area contributed by atoms with Crippen molar-refractivity contribution in [3.63, 3.8) is 0 Å². The summed E-state index contributed by atoms with van der Waals surface area (Å²) in [5, 5.41) is 0. The van der Waals surface area contributed by atoms with Crippen LogP contribution in [0.25, 0.3) is 0 Å². The molecule has 0 spiro atoms. The molecule has 0 fully saturated rings. The lowest BCUT2D eigenvalue weighted by Gasteiger charge is -2.08. The SMILES string of the molecule is NCCCc1cccc(OCc2ccccc2)c1. The maximum Gasteiger partial charge on any atom is 0.120 e. The van der Waals surface area contributed by atoms with Crippen molar-refractivity contribution in [2.75, 3.05) is 6.54 Å². The van der Waals surface area contributed by atoms with E-state index in [1.807, 2.05) is 30.3 Å². The molecule has 0 atom stereocenters. The first-order valence-corrected chi connectivity index (χ1v) is 6.34. The fourth-order valence-corrected chi connectivity index (χ4v) is 1.84. The third-order valence-electron chi connectivity index (χ3n) is 2.82. The highest BCUT2D eigenvalue weighted by molar-refractivity contribution is 5.29. The van der Waals surface area contributed by atoms with Gasteiger partial charge in [0.15, 0.2) is 0 Å². The summed E-state index contributed by atoms with van der Waals surface area (Å²) in [6.45, 7) is 1.34. The van der Waals surface area contributed by atoms with Crippen LogP contribution in [0.1, 0.15) is 17.5 Å². The molecule has 2 aromatic rings. The Bertz CT molecular complexity index is 468. The number of rotatable bonds is 6. The first-order valence-electron chi connectivity index (χ1n) is 6.34. The van der Waals surface area contributed by atoms with Crippen molar-refractivity contribution in [2.24, 2.45) is 5.73 Å². The average molecular weight is 241 g/mol. The highest BCUT2D eigenvalue weighted by Crippen LogP contribution is 2.16. The second-order valence-corrected chi connectivity index (χ2v) is 4.31. The Kier molecular flexibility index (Phi) is 4.79. The first kappa shape index (κ1) is 12.7. The number of benzene rings is 2. The summed E-state index contributed by atoms with van der Waals surface area (Å²) in [7, 11) is 0. The van der Waals surface area contributed by atoms with Gasteiger partial charge in [-0.05, 0) is 42.6 Å². The van der Waals surface area contributed by atoms with Gasteiger partial charge in [-0.15, -0.1) is 0 Å². The summed E-state index contributed by atoms with van der Waals surface area (Å²) in [6.07, 6.45) is 2.03. The van der Waals surface area contributed by atoms with E-state index in [2.05, 4.69) is 24.3 Å². The van der Waals surface area contributed by atoms with E-state index in [0.717, 1.165) is 25.1 Å². The molecule has 0 amide bonds. The molecule has 0 aliphatic carbocycles. The van der Waals surface area contributed by atoms with Crippen LogP contribution < -0.4 is 10.5 Å². The summed E-state index contributed by atoms with van der Waals surface area (Å²) in [5.74, 6) is 0.924. The number of nitrogens with two attached hydrogens (primary N) is 1. The molecule has 0 saturated carbocycles. The second kappa shape index (κ2) is 6.82. The van der Waals surface area contributed by atoms with Crippen LogP contribution in [-0.4, -0.2) is 6.54 Å². The minimum Gasteiger partial charge on any atom is -0.489 e. The Morgan fingerprint density at radius 3 is 2.44 bits per heavy atom. The van der Waals surface area contributed by atoms with Crippen molar-refractivity contribution in [3.05, 3.63) is 65.7 Å². The summed E-state index contributed by atoms with van der Waals surface area (Å²) < 4.78 is 5.78. The average Bonchev–Trinajstić information content (AvgIpc) is 2.44. The van der Waals surface area contributed by atoms with Crippen molar-refractivity contribution >= 4 is 0 Å². The van der Waals surface area contributed by atoms with Gasteiger partial charge in [-0.1, -0.05) is 42.5 Å². The van der Waals surface area contributed by atoms with Crippen molar-refractivity contribution < 1.29 is 4.74 Å². The normalized spacial score (nSPS) is 10.3. The van der Waals surface area contributed by atoms with E-state index >= 15 is 0 Å². The minimum absolute atomic E-state index is 0.612. The van der Waals surface area contributed by atoms with Gasteiger partial charge < -0.3 is 10.5 Å². The monoisotopic (exact) mass is 241 g/mol. The molecule has 0 heterocycles. The van der Waals surface area contributed by atoms with Crippen molar-refractivity contribution in [1.82, 2.24) is 0 Å². The van der Waals surface area contributed by atoms with Crippen LogP contribution in [0.5, 0.6) is 5.75 Å². The molecule has 2 rings (SSSR count). The maximum absolute atomic E-state index is 5.78. The van der Waals surface area contributed by atoms with E-state index in [4.69, 9.17) is 10.5 Å². The zero-order chi connectivity index (χ0) is 12.6. The summed E-state index contributed by atoms with van der Waals surface area (Å²) >= 11 is 0. The van der Waals surface area contributed by atoms with Crippen LogP contribution in [0, 0.1) is 0 Å². The van der Waals surface area contributed by atoms with Crippen molar-refractivity contribution in [3.8, 4) is 5.75 Å². The van der Waals surface area contributed by atoms with Crippen LogP contribution >= 0.6 is 0 Å². The van der Waals surface area contributed by atoms with Crippen molar-refractivity contribution in [1.29, 1.82) is 0 Å². The number of ether oxygens (including phenoxy) is 1. The Morgan fingerprint density at radius 2 is 1.67 bits per heavy atom. The minimum atomic E-state index is 0.612. The predicted molar refractivity (Wildman–Crippen MR) is 74.6 cm³/mol. The Morgan fingerprint density at radius 1 is 0.889 bits per heavy atom. The molecule has 94 valence electrons. The quantitative estimate of drug-likeness (QED) is 0.843. The van der Waals surface area contributed by atoms with Gasteiger partial charge in [0.25, 0.3) is 0 Å². The summed E-state index contributed by atoms with van der Waals surface area (Å²) in [5.41, 5.74) is 7.99. The highest BCUT2D eigenvalue weighted by Gasteiger charge is 1.98. The fourth-order valence-electron chi connectivity index (χ4n) is 1.84. The lowest BCUT2D eigenvalue weighted by molar-refractivity contribution is 0.306. The lowest BCUT2D eigenvalue weighted by Crippen LogP contribution is -2.00. The molecule has 0 aromatic heterocycles. The Labute approximate surface area is 108 Å². The summed E-state index contributed by atoms with van der Waals surface area (Å²) in [4.78, 5) is 0. The Balaban J connectivity index is 1.93. The lowest BCUT2D eigenvalue weighted by atomic mass is 10.1. The molecular formula is C16H19NO. The van der Waals surface area contributed by atoms with Gasteiger partial charge in [0.2, 0.25) is 0 Å². The molecule has 2 nitrogen and oxygen atoms in total. The molecule has 0 aliphatic heterocycles. The number of hydrogen-bond donors (Lipinski definition) is 1. The van der Waals surface area contributed by atoms with Gasteiger partial charge in [-0.3, -0.25) is 0 Å². The fraction of sp³-hybridized carbons (Fsp3) is 0.250. The van der Waals surface area contributed by atoms with E-state index in [9.17, 15) is 0 Å². The standard InChI is InChI=1S/C16H19NO/c17-11-5-9-14-8-4-10-16(12-14)18-13-15-6-2-1-3-7-15/h1-4,6-8,10,12H,5,9,11,13,17H2. The van der Waals surface area contributed by atoms with Crippen LogP contribution in [0.15, 0.2) is 54.6 Å². The Hall–Kier alpha value is -1.80. The van der Waals surface area contributed by atoms with Crippen LogP contribution in [0.3, 0.4) is 0 Å². The predicted octanol–water partition coefficient (Wildman–Crippen LogP) is 3.16. The van der Waals surface area contributed by atoms with Crippen LogP contribution in [-0.2, 0) is 13.0 Å². The molecule has 0 radical (unpaired) electrons. The third kappa shape index (κ3) is 3.90. The topological polar surface area (TPSA) is 35.2 Å². The van der Waals surface area contributed by atoms with E-state index in [1.54, 1.807) is 0 Å².